The smallest absolute Gasteiger partial charge is 0.410 e. The van der Waals surface area contributed by atoms with E-state index in [-0.39, 0.29) is 30.1 Å². The predicted octanol–water partition coefficient (Wildman–Crippen LogP) is 1.84. The molecule has 2 amide bonds. The van der Waals surface area contributed by atoms with Crippen molar-refractivity contribution in [2.75, 3.05) is 20.6 Å². The Morgan fingerprint density at radius 3 is 2.43 bits per heavy atom. The summed E-state index contributed by atoms with van der Waals surface area (Å²) < 4.78 is 5.52. The molecule has 0 spiro atoms. The van der Waals surface area contributed by atoms with Gasteiger partial charge in [-0.25, -0.2) is 4.79 Å². The number of fused-ring (bicyclic) bond motifs is 2. The van der Waals surface area contributed by atoms with Gasteiger partial charge in [-0.1, -0.05) is 0 Å². The van der Waals surface area contributed by atoms with Crippen molar-refractivity contribution in [1.82, 2.24) is 15.1 Å². The minimum absolute atomic E-state index is 0.0897. The van der Waals surface area contributed by atoms with E-state index >= 15 is 0 Å². The van der Waals surface area contributed by atoms with Crippen LogP contribution in [0.4, 0.5) is 4.79 Å². The van der Waals surface area contributed by atoms with Gasteiger partial charge in [0, 0.05) is 32.7 Å². The van der Waals surface area contributed by atoms with Gasteiger partial charge in [0.15, 0.2) is 0 Å². The number of carbonyl (C=O) groups excluding carboxylic acids is 2. The van der Waals surface area contributed by atoms with Crippen LogP contribution >= 0.6 is 0 Å². The first-order chi connectivity index (χ1) is 10.6. The Bertz CT molecular complexity index is 458. The lowest BCUT2D eigenvalue weighted by Gasteiger charge is -2.32. The van der Waals surface area contributed by atoms with Crippen LogP contribution in [0.5, 0.6) is 0 Å². The highest BCUT2D eigenvalue weighted by atomic mass is 16.6. The summed E-state index contributed by atoms with van der Waals surface area (Å²) in [5.74, 6) is 0.590. The second-order valence-electron chi connectivity index (χ2n) is 8.18. The van der Waals surface area contributed by atoms with Crippen molar-refractivity contribution in [3.63, 3.8) is 0 Å². The van der Waals surface area contributed by atoms with Crippen LogP contribution in [-0.2, 0) is 9.53 Å². The SMILES string of the molecule is C[C@H](NC1CC2CC(C1)N(C(=O)OC(C)(C)C)C2)C(=O)N(C)C. The summed E-state index contributed by atoms with van der Waals surface area (Å²) in [7, 11) is 3.55. The molecule has 0 aromatic carbocycles. The fourth-order valence-corrected chi connectivity index (χ4v) is 3.73. The minimum atomic E-state index is -0.460. The summed E-state index contributed by atoms with van der Waals surface area (Å²) in [6, 6.07) is 0.315. The minimum Gasteiger partial charge on any atom is -0.444 e. The van der Waals surface area contributed by atoms with E-state index in [0.29, 0.717) is 5.92 Å². The highest BCUT2D eigenvalue weighted by Crippen LogP contribution is 2.36. The van der Waals surface area contributed by atoms with E-state index in [1.54, 1.807) is 19.0 Å². The molecule has 4 atom stereocenters. The molecule has 2 aliphatic rings. The molecule has 2 rings (SSSR count). The van der Waals surface area contributed by atoms with E-state index in [4.69, 9.17) is 4.74 Å². The van der Waals surface area contributed by atoms with E-state index in [1.165, 1.54) is 0 Å². The van der Waals surface area contributed by atoms with Crippen molar-refractivity contribution in [1.29, 1.82) is 0 Å². The van der Waals surface area contributed by atoms with Gasteiger partial charge in [-0.3, -0.25) is 4.79 Å². The van der Waals surface area contributed by atoms with Gasteiger partial charge in [0.25, 0.3) is 0 Å². The summed E-state index contributed by atoms with van der Waals surface area (Å²) >= 11 is 0. The van der Waals surface area contributed by atoms with Crippen molar-refractivity contribution in [3.8, 4) is 0 Å². The molecule has 1 heterocycles. The molecule has 132 valence electrons. The molecular formula is C17H31N3O3. The molecule has 0 radical (unpaired) electrons. The lowest BCUT2D eigenvalue weighted by molar-refractivity contribution is -0.130. The van der Waals surface area contributed by atoms with Gasteiger partial charge in [0.1, 0.15) is 5.60 Å². The summed E-state index contributed by atoms with van der Waals surface area (Å²) in [6.07, 6.45) is 2.75. The fourth-order valence-electron chi connectivity index (χ4n) is 3.73. The molecule has 2 bridgehead atoms. The molecule has 6 heteroatoms. The zero-order valence-electron chi connectivity index (χ0n) is 15.3. The number of hydrogen-bond acceptors (Lipinski definition) is 4. The number of ether oxygens (including phenoxy) is 1. The van der Waals surface area contributed by atoms with Crippen molar-refractivity contribution in [2.24, 2.45) is 5.92 Å². The fraction of sp³-hybridized carbons (Fsp3) is 0.882. The first-order valence-electron chi connectivity index (χ1n) is 8.53. The summed E-state index contributed by atoms with van der Waals surface area (Å²) in [6.45, 7) is 8.36. The number of rotatable bonds is 3. The van der Waals surface area contributed by atoms with Crippen LogP contribution in [0, 0.1) is 5.92 Å². The largest absolute Gasteiger partial charge is 0.444 e. The van der Waals surface area contributed by atoms with Gasteiger partial charge in [0.2, 0.25) is 5.91 Å². The van der Waals surface area contributed by atoms with Crippen molar-refractivity contribution in [3.05, 3.63) is 0 Å². The first kappa shape index (κ1) is 18.0. The highest BCUT2D eigenvalue weighted by Gasteiger charge is 2.43. The molecule has 1 aliphatic carbocycles. The Kier molecular flexibility index (Phi) is 5.23. The molecule has 6 nitrogen and oxygen atoms in total. The Morgan fingerprint density at radius 2 is 1.87 bits per heavy atom. The normalized spacial score (nSPS) is 28.4. The van der Waals surface area contributed by atoms with Crippen LogP contribution in [0.1, 0.15) is 47.0 Å². The van der Waals surface area contributed by atoms with Gasteiger partial charge < -0.3 is 19.9 Å². The highest BCUT2D eigenvalue weighted by molar-refractivity contribution is 5.80. The maximum Gasteiger partial charge on any atom is 0.410 e. The average Bonchev–Trinajstić information content (AvgIpc) is 2.70. The topological polar surface area (TPSA) is 61.9 Å². The third-order valence-electron chi connectivity index (χ3n) is 4.60. The number of nitrogens with zero attached hydrogens (tertiary/aromatic N) is 2. The molecule has 1 aliphatic heterocycles. The molecule has 3 unspecified atom stereocenters. The summed E-state index contributed by atoms with van der Waals surface area (Å²) in [4.78, 5) is 27.9. The van der Waals surface area contributed by atoms with E-state index in [1.807, 2.05) is 32.6 Å². The third kappa shape index (κ3) is 4.59. The molecule has 1 saturated heterocycles. The predicted molar refractivity (Wildman–Crippen MR) is 89.1 cm³/mol. The average molecular weight is 325 g/mol. The lowest BCUT2D eigenvalue weighted by Crippen LogP contribution is -2.49. The Balaban J connectivity index is 1.92. The zero-order valence-corrected chi connectivity index (χ0v) is 15.3. The van der Waals surface area contributed by atoms with Crippen LogP contribution in [-0.4, -0.2) is 66.2 Å². The zero-order chi connectivity index (χ0) is 17.4. The third-order valence-corrected chi connectivity index (χ3v) is 4.60. The number of hydrogen-bond donors (Lipinski definition) is 1. The second-order valence-corrected chi connectivity index (χ2v) is 8.18. The molecule has 23 heavy (non-hydrogen) atoms. The Hall–Kier alpha value is -1.30. The van der Waals surface area contributed by atoms with E-state index in [0.717, 1.165) is 25.8 Å². The maximum absolute atomic E-state index is 12.4. The van der Waals surface area contributed by atoms with E-state index in [2.05, 4.69) is 5.32 Å². The van der Waals surface area contributed by atoms with Crippen LogP contribution in [0.3, 0.4) is 0 Å². The van der Waals surface area contributed by atoms with Crippen molar-refractivity contribution in [2.45, 2.75) is 70.7 Å². The standard InChI is InChI=1S/C17H31N3O3/c1-11(15(21)19(5)6)18-13-7-12-8-14(9-13)20(10-12)16(22)23-17(2,3)4/h11-14,18H,7-10H2,1-6H3/t11-,12?,13?,14?/m0/s1. The van der Waals surface area contributed by atoms with Gasteiger partial charge in [0.05, 0.1) is 6.04 Å². The molecule has 0 aromatic heterocycles. The van der Waals surface area contributed by atoms with Gasteiger partial charge in [-0.05, 0) is 52.9 Å². The molecule has 2 fully saturated rings. The number of carbonyl (C=O) groups is 2. The maximum atomic E-state index is 12.4. The summed E-state index contributed by atoms with van der Waals surface area (Å²) in [5, 5.41) is 3.44. The van der Waals surface area contributed by atoms with Crippen LogP contribution in [0.15, 0.2) is 0 Å². The van der Waals surface area contributed by atoms with E-state index < -0.39 is 5.60 Å². The van der Waals surface area contributed by atoms with Crippen LogP contribution in [0.2, 0.25) is 0 Å². The number of nitrogens with one attached hydrogen (secondary N) is 1. The Labute approximate surface area is 139 Å². The monoisotopic (exact) mass is 325 g/mol. The van der Waals surface area contributed by atoms with E-state index in [9.17, 15) is 9.59 Å². The molecular weight excluding hydrogens is 294 g/mol. The van der Waals surface area contributed by atoms with Gasteiger partial charge in [-0.15, -0.1) is 0 Å². The molecule has 1 saturated carbocycles. The van der Waals surface area contributed by atoms with Crippen molar-refractivity contribution >= 4 is 12.0 Å². The first-order valence-corrected chi connectivity index (χ1v) is 8.53. The van der Waals surface area contributed by atoms with Crippen molar-refractivity contribution < 1.29 is 14.3 Å². The number of likely N-dealkylation sites (N-methyl/N-ethyl adjacent to an activating group) is 1. The summed E-state index contributed by atoms with van der Waals surface area (Å²) in [5.41, 5.74) is -0.460. The van der Waals surface area contributed by atoms with Gasteiger partial charge in [-0.2, -0.15) is 0 Å². The number of likely N-dealkylation sites (tertiary alicyclic amines) is 1. The molecule has 1 N–H and O–H groups in total. The molecule has 0 aromatic rings. The number of amides is 2. The quantitative estimate of drug-likeness (QED) is 0.860. The lowest BCUT2D eigenvalue weighted by atomic mass is 9.86. The second kappa shape index (κ2) is 6.67. The van der Waals surface area contributed by atoms with Crippen LogP contribution < -0.4 is 5.32 Å². The van der Waals surface area contributed by atoms with Crippen LogP contribution in [0.25, 0.3) is 0 Å². The Morgan fingerprint density at radius 1 is 1.22 bits per heavy atom. The van der Waals surface area contributed by atoms with Gasteiger partial charge >= 0.3 is 6.09 Å².